The lowest BCUT2D eigenvalue weighted by molar-refractivity contribution is 0.553. The van der Waals surface area contributed by atoms with Crippen molar-refractivity contribution in [3.05, 3.63) is 5.82 Å². The average Bonchev–Trinajstić information content (AvgIpc) is 2.63. The van der Waals surface area contributed by atoms with Crippen LogP contribution in [-0.2, 0) is 5.41 Å². The molecule has 0 fully saturated rings. The minimum atomic E-state index is 0.0347. The Hall–Kier alpha value is -0.680. The Morgan fingerprint density at radius 2 is 2.00 bits per heavy atom. The lowest BCUT2D eigenvalue weighted by Gasteiger charge is -2.13. The maximum atomic E-state index is 4.49. The third-order valence-electron chi connectivity index (χ3n) is 2.25. The maximum Gasteiger partial charge on any atom is 0.202 e. The molecule has 5 heteroatoms. The van der Waals surface area contributed by atoms with Gasteiger partial charge in [0.2, 0.25) is 5.13 Å². The van der Waals surface area contributed by atoms with Gasteiger partial charge >= 0.3 is 0 Å². The summed E-state index contributed by atoms with van der Waals surface area (Å²) in [4.78, 5) is 4.49. The van der Waals surface area contributed by atoms with E-state index in [2.05, 4.69) is 47.7 Å². The topological polar surface area (TPSA) is 49.8 Å². The van der Waals surface area contributed by atoms with Crippen LogP contribution in [0.15, 0.2) is 0 Å². The van der Waals surface area contributed by atoms with E-state index in [9.17, 15) is 0 Å². The summed E-state index contributed by atoms with van der Waals surface area (Å²) in [6.45, 7) is 10.5. The van der Waals surface area contributed by atoms with Crippen LogP contribution in [0.25, 0.3) is 0 Å². The summed E-state index contributed by atoms with van der Waals surface area (Å²) in [7, 11) is 1.97. The van der Waals surface area contributed by atoms with Crippen molar-refractivity contribution in [2.75, 3.05) is 25.5 Å². The first kappa shape index (κ1) is 13.4. The van der Waals surface area contributed by atoms with Crippen LogP contribution in [0.4, 0.5) is 5.13 Å². The van der Waals surface area contributed by atoms with Crippen LogP contribution < -0.4 is 10.6 Å². The van der Waals surface area contributed by atoms with E-state index in [1.54, 1.807) is 0 Å². The minimum Gasteiger partial charge on any atom is -0.360 e. The molecule has 16 heavy (non-hydrogen) atoms. The smallest absolute Gasteiger partial charge is 0.202 e. The first-order chi connectivity index (χ1) is 7.43. The largest absolute Gasteiger partial charge is 0.360 e. The Labute approximate surface area is 102 Å². The molecule has 0 radical (unpaired) electrons. The monoisotopic (exact) mass is 242 g/mol. The first-order valence-electron chi connectivity index (χ1n) is 5.66. The second-order valence-corrected chi connectivity index (χ2v) is 5.97. The summed E-state index contributed by atoms with van der Waals surface area (Å²) in [6, 6.07) is 0. The molecule has 1 rings (SSSR count). The number of nitrogens with one attached hydrogen (secondary N) is 2. The van der Waals surface area contributed by atoms with Crippen molar-refractivity contribution < 1.29 is 0 Å². The van der Waals surface area contributed by atoms with E-state index >= 15 is 0 Å². The predicted octanol–water partition coefficient (Wildman–Crippen LogP) is 2.10. The van der Waals surface area contributed by atoms with Gasteiger partial charge in [-0.1, -0.05) is 27.7 Å². The third-order valence-corrected chi connectivity index (χ3v) is 2.92. The molecule has 0 aliphatic rings. The molecule has 0 aliphatic heterocycles. The van der Waals surface area contributed by atoms with E-state index < -0.39 is 0 Å². The van der Waals surface area contributed by atoms with E-state index in [0.717, 1.165) is 24.0 Å². The fourth-order valence-corrected chi connectivity index (χ4v) is 2.04. The lowest BCUT2D eigenvalue weighted by atomic mass is 9.96. The summed E-state index contributed by atoms with van der Waals surface area (Å²) in [5.41, 5.74) is 0.0347. The van der Waals surface area contributed by atoms with Gasteiger partial charge in [-0.05, 0) is 19.5 Å². The summed E-state index contributed by atoms with van der Waals surface area (Å²) >= 11 is 1.44. The fourth-order valence-electron chi connectivity index (χ4n) is 1.28. The van der Waals surface area contributed by atoms with E-state index in [1.165, 1.54) is 11.5 Å². The number of aromatic nitrogens is 2. The van der Waals surface area contributed by atoms with Gasteiger partial charge in [0.25, 0.3) is 0 Å². The fraction of sp³-hybridized carbons (Fsp3) is 0.818. The van der Waals surface area contributed by atoms with Crippen molar-refractivity contribution >= 4 is 16.7 Å². The normalized spacial score (nSPS) is 13.8. The molecule has 0 aliphatic carbocycles. The molecule has 0 aromatic carbocycles. The highest BCUT2D eigenvalue weighted by Crippen LogP contribution is 2.22. The molecule has 92 valence electrons. The van der Waals surface area contributed by atoms with Crippen LogP contribution in [0, 0.1) is 5.92 Å². The van der Waals surface area contributed by atoms with E-state index in [0.29, 0.717) is 5.92 Å². The summed E-state index contributed by atoms with van der Waals surface area (Å²) < 4.78 is 4.36. The highest BCUT2D eigenvalue weighted by Gasteiger charge is 2.19. The molecule has 0 amide bonds. The van der Waals surface area contributed by atoms with E-state index in [1.807, 2.05) is 7.05 Å². The van der Waals surface area contributed by atoms with Gasteiger partial charge in [-0.15, -0.1) is 0 Å². The van der Waals surface area contributed by atoms with Crippen LogP contribution >= 0.6 is 11.5 Å². The number of nitrogens with zero attached hydrogens (tertiary/aromatic N) is 2. The lowest BCUT2D eigenvalue weighted by Crippen LogP contribution is -2.22. The van der Waals surface area contributed by atoms with Crippen molar-refractivity contribution in [2.24, 2.45) is 5.92 Å². The maximum absolute atomic E-state index is 4.49. The van der Waals surface area contributed by atoms with Gasteiger partial charge in [0, 0.05) is 23.5 Å². The Balaban J connectivity index is 2.47. The molecule has 1 atom stereocenters. The van der Waals surface area contributed by atoms with Crippen LogP contribution in [0.5, 0.6) is 0 Å². The second kappa shape index (κ2) is 5.59. The predicted molar refractivity (Wildman–Crippen MR) is 70.2 cm³/mol. The van der Waals surface area contributed by atoms with Crippen molar-refractivity contribution in [1.29, 1.82) is 0 Å². The molecule has 0 saturated carbocycles. The van der Waals surface area contributed by atoms with Crippen LogP contribution in [0.3, 0.4) is 0 Å². The Kier molecular flexibility index (Phi) is 4.68. The Morgan fingerprint density at radius 1 is 1.31 bits per heavy atom. The van der Waals surface area contributed by atoms with Gasteiger partial charge < -0.3 is 10.6 Å². The zero-order chi connectivity index (χ0) is 12.2. The molecule has 2 N–H and O–H groups in total. The molecular weight excluding hydrogens is 220 g/mol. The van der Waals surface area contributed by atoms with Gasteiger partial charge in [0.15, 0.2) is 0 Å². The zero-order valence-corrected chi connectivity index (χ0v) is 11.6. The number of anilines is 1. The number of hydrogen-bond donors (Lipinski definition) is 2. The van der Waals surface area contributed by atoms with Crippen molar-refractivity contribution in [1.82, 2.24) is 14.7 Å². The summed E-state index contributed by atoms with van der Waals surface area (Å²) in [6.07, 6.45) is 0. The van der Waals surface area contributed by atoms with Crippen molar-refractivity contribution in [2.45, 2.75) is 33.1 Å². The summed E-state index contributed by atoms with van der Waals surface area (Å²) in [5.74, 6) is 1.51. The quantitative estimate of drug-likeness (QED) is 0.830. The Bertz CT molecular complexity index is 316. The molecule has 1 heterocycles. The van der Waals surface area contributed by atoms with Gasteiger partial charge in [-0.3, -0.25) is 0 Å². The molecule has 4 nitrogen and oxygen atoms in total. The van der Waals surface area contributed by atoms with Gasteiger partial charge in [-0.25, -0.2) is 4.98 Å². The van der Waals surface area contributed by atoms with Gasteiger partial charge in [0.1, 0.15) is 5.82 Å². The van der Waals surface area contributed by atoms with Crippen LogP contribution in [0.2, 0.25) is 0 Å². The average molecular weight is 242 g/mol. The molecule has 0 bridgehead atoms. The van der Waals surface area contributed by atoms with Gasteiger partial charge in [0.05, 0.1) is 0 Å². The molecule has 1 unspecified atom stereocenters. The van der Waals surface area contributed by atoms with E-state index in [4.69, 9.17) is 0 Å². The molecular formula is C11H22N4S. The highest BCUT2D eigenvalue weighted by molar-refractivity contribution is 7.09. The first-order valence-corrected chi connectivity index (χ1v) is 6.43. The van der Waals surface area contributed by atoms with Crippen molar-refractivity contribution in [3.63, 3.8) is 0 Å². The molecule has 1 aromatic heterocycles. The van der Waals surface area contributed by atoms with Crippen molar-refractivity contribution in [3.8, 4) is 0 Å². The standard InChI is InChI=1S/C11H22N4S/c1-8(6-12-5)7-13-10-14-9(15-16-10)11(2,3)4/h8,12H,6-7H2,1-5H3,(H,13,14,15). The summed E-state index contributed by atoms with van der Waals surface area (Å²) in [5, 5.41) is 7.41. The number of hydrogen-bond acceptors (Lipinski definition) is 5. The molecule has 0 spiro atoms. The minimum absolute atomic E-state index is 0.0347. The van der Waals surface area contributed by atoms with Crippen LogP contribution in [-0.4, -0.2) is 29.5 Å². The third kappa shape index (κ3) is 4.06. The second-order valence-electron chi connectivity index (χ2n) is 5.22. The molecule has 1 aromatic rings. The van der Waals surface area contributed by atoms with Gasteiger partial charge in [-0.2, -0.15) is 4.37 Å². The Morgan fingerprint density at radius 3 is 2.50 bits per heavy atom. The highest BCUT2D eigenvalue weighted by atomic mass is 32.1. The van der Waals surface area contributed by atoms with E-state index in [-0.39, 0.29) is 5.41 Å². The number of rotatable bonds is 5. The SMILES string of the molecule is CNCC(C)CNc1nc(C(C)(C)C)ns1. The zero-order valence-electron chi connectivity index (χ0n) is 10.8. The molecule has 0 saturated heterocycles. The van der Waals surface area contributed by atoms with Crippen LogP contribution in [0.1, 0.15) is 33.5 Å².